The molecule has 0 saturated heterocycles. The van der Waals surface area contributed by atoms with Gasteiger partial charge in [0.25, 0.3) is 5.91 Å². The molecule has 2 amide bonds. The van der Waals surface area contributed by atoms with Crippen molar-refractivity contribution in [3.05, 3.63) is 29.8 Å². The summed E-state index contributed by atoms with van der Waals surface area (Å²) in [6.45, 7) is 3.52. The summed E-state index contributed by atoms with van der Waals surface area (Å²) in [5, 5.41) is 5.75. The molecule has 0 aliphatic rings. The van der Waals surface area contributed by atoms with Crippen molar-refractivity contribution in [3.8, 4) is 0 Å². The second kappa shape index (κ2) is 5.53. The van der Waals surface area contributed by atoms with Crippen molar-refractivity contribution >= 4 is 17.5 Å². The van der Waals surface area contributed by atoms with E-state index < -0.39 is 11.4 Å². The zero-order valence-corrected chi connectivity index (χ0v) is 10.9. The molecule has 0 aliphatic carbocycles. The zero-order valence-electron chi connectivity index (χ0n) is 10.9. The fourth-order valence-corrected chi connectivity index (χ4v) is 1.75. The molecule has 0 atom stereocenters. The lowest BCUT2D eigenvalue weighted by Gasteiger charge is -2.25. The quantitative estimate of drug-likeness (QED) is 0.731. The summed E-state index contributed by atoms with van der Waals surface area (Å²) in [7, 11) is 1.75. The molecule has 5 heteroatoms. The van der Waals surface area contributed by atoms with Crippen LogP contribution in [-0.4, -0.2) is 24.4 Å². The molecule has 98 valence electrons. The van der Waals surface area contributed by atoms with Gasteiger partial charge in [0.2, 0.25) is 5.91 Å². The first-order chi connectivity index (χ1) is 8.35. The number of nitrogens with two attached hydrogens (primary N) is 1. The van der Waals surface area contributed by atoms with Gasteiger partial charge >= 0.3 is 0 Å². The molecule has 0 saturated carbocycles. The number of rotatable bonds is 5. The molecule has 0 radical (unpaired) electrons. The maximum atomic E-state index is 12.1. The molecule has 4 N–H and O–H groups in total. The highest BCUT2D eigenvalue weighted by Crippen LogP contribution is 2.16. The molecule has 18 heavy (non-hydrogen) atoms. The van der Waals surface area contributed by atoms with Gasteiger partial charge in [-0.05, 0) is 26.0 Å². The third-order valence-corrected chi connectivity index (χ3v) is 2.51. The molecule has 0 heterocycles. The summed E-state index contributed by atoms with van der Waals surface area (Å²) in [6.07, 6.45) is 0.0977. The fourth-order valence-electron chi connectivity index (χ4n) is 1.75. The molecule has 0 unspecified atom stereocenters. The molecule has 0 aromatic heterocycles. The number of amides is 2. The summed E-state index contributed by atoms with van der Waals surface area (Å²) in [5.74, 6) is -0.673. The number of anilines is 1. The number of primary amides is 1. The topological polar surface area (TPSA) is 84.2 Å². The summed E-state index contributed by atoms with van der Waals surface area (Å²) < 4.78 is 0. The van der Waals surface area contributed by atoms with Gasteiger partial charge in [0, 0.05) is 24.7 Å². The highest BCUT2D eigenvalue weighted by Gasteiger charge is 2.24. The normalized spacial score (nSPS) is 10.8. The van der Waals surface area contributed by atoms with Crippen molar-refractivity contribution in [2.24, 2.45) is 5.73 Å². The standard InChI is InChI=1S/C13H19N3O2/c1-13(2,8-11(14)17)16-12(18)9-6-4-5-7-10(9)15-3/h4-7,15H,8H2,1-3H3,(H2,14,17)(H,16,18). The molecular weight excluding hydrogens is 230 g/mol. The molecule has 1 aromatic carbocycles. The molecule has 0 aliphatic heterocycles. The predicted molar refractivity (Wildman–Crippen MR) is 71.3 cm³/mol. The maximum Gasteiger partial charge on any atom is 0.253 e. The molecule has 0 spiro atoms. The van der Waals surface area contributed by atoms with Crippen molar-refractivity contribution < 1.29 is 9.59 Å². The van der Waals surface area contributed by atoms with Gasteiger partial charge < -0.3 is 16.4 Å². The second-order valence-corrected chi connectivity index (χ2v) is 4.78. The highest BCUT2D eigenvalue weighted by molar-refractivity contribution is 6.00. The van der Waals surface area contributed by atoms with Crippen molar-refractivity contribution in [3.63, 3.8) is 0 Å². The Balaban J connectivity index is 2.85. The number of hydrogen-bond acceptors (Lipinski definition) is 3. The number of para-hydroxylation sites is 1. The van der Waals surface area contributed by atoms with Gasteiger partial charge in [-0.2, -0.15) is 0 Å². The van der Waals surface area contributed by atoms with E-state index in [9.17, 15) is 9.59 Å². The van der Waals surface area contributed by atoms with Crippen molar-refractivity contribution in [2.75, 3.05) is 12.4 Å². The minimum atomic E-state index is -0.663. The Labute approximate surface area is 107 Å². The average molecular weight is 249 g/mol. The van der Waals surface area contributed by atoms with Crippen LogP contribution in [0.15, 0.2) is 24.3 Å². The summed E-state index contributed by atoms with van der Waals surface area (Å²) in [5.41, 5.74) is 5.76. The van der Waals surface area contributed by atoms with Crippen LogP contribution in [0.2, 0.25) is 0 Å². The SMILES string of the molecule is CNc1ccccc1C(=O)NC(C)(C)CC(N)=O. The van der Waals surface area contributed by atoms with E-state index >= 15 is 0 Å². The van der Waals surface area contributed by atoms with Crippen LogP contribution in [0.4, 0.5) is 5.69 Å². The predicted octanol–water partition coefficient (Wildman–Crippen LogP) is 1.11. The van der Waals surface area contributed by atoms with Crippen LogP contribution in [-0.2, 0) is 4.79 Å². The van der Waals surface area contributed by atoms with Gasteiger partial charge in [-0.1, -0.05) is 12.1 Å². The summed E-state index contributed by atoms with van der Waals surface area (Å²) >= 11 is 0. The van der Waals surface area contributed by atoms with Gasteiger partial charge in [-0.3, -0.25) is 9.59 Å². The Kier molecular flexibility index (Phi) is 4.31. The minimum absolute atomic E-state index is 0.0977. The van der Waals surface area contributed by atoms with Crippen LogP contribution in [0.3, 0.4) is 0 Å². The Morgan fingerprint density at radius 1 is 1.28 bits per heavy atom. The molecule has 5 nitrogen and oxygen atoms in total. The smallest absolute Gasteiger partial charge is 0.253 e. The minimum Gasteiger partial charge on any atom is -0.387 e. The van der Waals surface area contributed by atoms with Crippen LogP contribution in [0, 0.1) is 0 Å². The lowest BCUT2D eigenvalue weighted by atomic mass is 9.99. The number of benzene rings is 1. The van der Waals surface area contributed by atoms with Crippen LogP contribution >= 0.6 is 0 Å². The summed E-state index contributed by atoms with van der Waals surface area (Å²) in [6, 6.07) is 7.17. The van der Waals surface area contributed by atoms with Crippen molar-refractivity contribution in [2.45, 2.75) is 25.8 Å². The van der Waals surface area contributed by atoms with Gasteiger partial charge in [0.05, 0.1) is 5.56 Å². The van der Waals surface area contributed by atoms with Gasteiger partial charge in [0.1, 0.15) is 0 Å². The van der Waals surface area contributed by atoms with E-state index in [1.807, 2.05) is 12.1 Å². The summed E-state index contributed by atoms with van der Waals surface area (Å²) in [4.78, 5) is 23.0. The molecule has 1 aromatic rings. The molecular formula is C13H19N3O2. The van der Waals surface area contributed by atoms with Crippen LogP contribution in [0.5, 0.6) is 0 Å². The van der Waals surface area contributed by atoms with E-state index in [1.54, 1.807) is 33.0 Å². The molecule has 0 bridgehead atoms. The maximum absolute atomic E-state index is 12.1. The lowest BCUT2D eigenvalue weighted by Crippen LogP contribution is -2.46. The monoisotopic (exact) mass is 249 g/mol. The average Bonchev–Trinajstić information content (AvgIpc) is 2.26. The van der Waals surface area contributed by atoms with E-state index in [0.29, 0.717) is 5.56 Å². The van der Waals surface area contributed by atoms with Crippen LogP contribution in [0.1, 0.15) is 30.6 Å². The first-order valence-corrected chi connectivity index (χ1v) is 5.73. The largest absolute Gasteiger partial charge is 0.387 e. The van der Waals surface area contributed by atoms with Gasteiger partial charge in [0.15, 0.2) is 0 Å². The third kappa shape index (κ3) is 3.76. The van der Waals surface area contributed by atoms with Crippen molar-refractivity contribution in [1.82, 2.24) is 5.32 Å². The van der Waals surface area contributed by atoms with Gasteiger partial charge in [-0.25, -0.2) is 0 Å². The number of carbonyl (C=O) groups is 2. The third-order valence-electron chi connectivity index (χ3n) is 2.51. The first-order valence-electron chi connectivity index (χ1n) is 5.73. The number of nitrogens with one attached hydrogen (secondary N) is 2. The van der Waals surface area contributed by atoms with Gasteiger partial charge in [-0.15, -0.1) is 0 Å². The Hall–Kier alpha value is -2.04. The van der Waals surface area contributed by atoms with E-state index in [1.165, 1.54) is 0 Å². The van der Waals surface area contributed by atoms with E-state index in [0.717, 1.165) is 5.69 Å². The Morgan fingerprint density at radius 3 is 2.44 bits per heavy atom. The lowest BCUT2D eigenvalue weighted by molar-refractivity contribution is -0.119. The zero-order chi connectivity index (χ0) is 13.8. The fraction of sp³-hybridized carbons (Fsp3) is 0.385. The number of carbonyl (C=O) groups excluding carboxylic acids is 2. The number of hydrogen-bond donors (Lipinski definition) is 3. The van der Waals surface area contributed by atoms with E-state index in [4.69, 9.17) is 5.73 Å². The Morgan fingerprint density at radius 2 is 1.89 bits per heavy atom. The van der Waals surface area contributed by atoms with Crippen molar-refractivity contribution in [1.29, 1.82) is 0 Å². The van der Waals surface area contributed by atoms with Crippen LogP contribution < -0.4 is 16.4 Å². The molecule has 1 rings (SSSR count). The van der Waals surface area contributed by atoms with E-state index in [-0.39, 0.29) is 12.3 Å². The first kappa shape index (κ1) is 14.0. The second-order valence-electron chi connectivity index (χ2n) is 4.78. The molecule has 0 fully saturated rings. The highest BCUT2D eigenvalue weighted by atomic mass is 16.2. The van der Waals surface area contributed by atoms with Crippen LogP contribution in [0.25, 0.3) is 0 Å². The Bertz CT molecular complexity index is 455. The van der Waals surface area contributed by atoms with E-state index in [2.05, 4.69) is 10.6 Å².